The van der Waals surface area contributed by atoms with Gasteiger partial charge in [0.25, 0.3) is 0 Å². The normalized spacial score (nSPS) is 16.4. The van der Waals surface area contributed by atoms with Gasteiger partial charge in [-0.3, -0.25) is 9.98 Å². The molecule has 0 saturated heterocycles. The second-order valence-corrected chi connectivity index (χ2v) is 13.0. The first kappa shape index (κ1) is 32.5. The summed E-state index contributed by atoms with van der Waals surface area (Å²) >= 11 is 0. The summed E-state index contributed by atoms with van der Waals surface area (Å²) in [7, 11) is 1.79. The van der Waals surface area contributed by atoms with Gasteiger partial charge in [-0.15, -0.1) is 6.42 Å². The summed E-state index contributed by atoms with van der Waals surface area (Å²) in [5.74, 6) is 4.15. The lowest BCUT2D eigenvalue weighted by atomic mass is 9.81. The van der Waals surface area contributed by atoms with Crippen molar-refractivity contribution in [1.29, 1.82) is 0 Å². The van der Waals surface area contributed by atoms with E-state index in [9.17, 15) is 0 Å². The fourth-order valence-electron chi connectivity index (χ4n) is 6.99. The van der Waals surface area contributed by atoms with Crippen LogP contribution in [0, 0.1) is 24.2 Å². The Morgan fingerprint density at radius 2 is 1.25 bits per heavy atom. The number of benzene rings is 5. The number of hydrogen-bond acceptors (Lipinski definition) is 4. The molecule has 2 atom stereocenters. The molecule has 8 rings (SSSR count). The van der Waals surface area contributed by atoms with E-state index in [-0.39, 0.29) is 0 Å². The maximum absolute atomic E-state index is 5.83. The van der Waals surface area contributed by atoms with Crippen LogP contribution in [0.5, 0.6) is 0 Å². The molecule has 2 heterocycles. The Kier molecular flexibility index (Phi) is 8.92. The van der Waals surface area contributed by atoms with Crippen molar-refractivity contribution in [2.24, 2.45) is 21.8 Å². The van der Waals surface area contributed by atoms with Crippen molar-refractivity contribution in [3.8, 4) is 57.4 Å². The van der Waals surface area contributed by atoms with Gasteiger partial charge in [-0.2, -0.15) is 0 Å². The minimum absolute atomic E-state index is 0.343. The molecule has 0 amide bonds. The van der Waals surface area contributed by atoms with Crippen LogP contribution < -0.4 is 0 Å². The second kappa shape index (κ2) is 14.3. The summed E-state index contributed by atoms with van der Waals surface area (Å²) in [4.78, 5) is 19.7. The van der Waals surface area contributed by atoms with Crippen LogP contribution in [0.25, 0.3) is 50.7 Å². The van der Waals surface area contributed by atoms with Crippen LogP contribution in [0.1, 0.15) is 29.2 Å². The van der Waals surface area contributed by atoms with Gasteiger partial charge in [0, 0.05) is 64.0 Å². The summed E-state index contributed by atoms with van der Waals surface area (Å²) < 4.78 is 0. The first-order chi connectivity index (χ1) is 25.6. The zero-order valence-electron chi connectivity index (χ0n) is 29.1. The Labute approximate surface area is 305 Å². The fourth-order valence-corrected chi connectivity index (χ4v) is 6.99. The van der Waals surface area contributed by atoms with E-state index in [1.807, 2.05) is 30.3 Å². The molecule has 1 aliphatic carbocycles. The zero-order valence-corrected chi connectivity index (χ0v) is 29.1. The molecule has 0 fully saturated rings. The number of rotatable bonds is 7. The average molecular weight is 669 g/mol. The number of hydrogen-bond donors (Lipinski definition) is 0. The number of aromatic nitrogens is 2. The standard InChI is InChI=1S/C48H36N4/c1-4-33-12-8-9-16-42(33)46(49-3)38-26-28-40(29-27-38)48-51-44(36-20-18-35(19-21-36)34-13-6-5-7-14-34)30-45(52-48)37-22-24-39(25-23-37)47-43-17-11-10-15-41(43)32(2)31-50-47/h1,5-32,41H,2-3H3. The number of aliphatic imine (C=N–C) groups is 2. The third-order valence-electron chi connectivity index (χ3n) is 9.79. The van der Waals surface area contributed by atoms with Crippen molar-refractivity contribution in [3.63, 3.8) is 0 Å². The smallest absolute Gasteiger partial charge is 0.160 e. The quantitative estimate of drug-likeness (QED) is 0.126. The zero-order chi connectivity index (χ0) is 35.4. The van der Waals surface area contributed by atoms with Crippen LogP contribution in [-0.2, 0) is 0 Å². The molecule has 4 heteroatoms. The molecule has 1 aromatic heterocycles. The molecule has 0 spiro atoms. The van der Waals surface area contributed by atoms with E-state index in [2.05, 4.69) is 151 Å². The number of terminal acetylenes is 1. The lowest BCUT2D eigenvalue weighted by Gasteiger charge is -2.27. The van der Waals surface area contributed by atoms with Gasteiger partial charge in [0.1, 0.15) is 0 Å². The summed E-state index contributed by atoms with van der Waals surface area (Å²) in [6.45, 7) is 2.22. The van der Waals surface area contributed by atoms with Crippen LogP contribution in [0.3, 0.4) is 0 Å². The third-order valence-corrected chi connectivity index (χ3v) is 9.79. The van der Waals surface area contributed by atoms with Crippen molar-refractivity contribution in [2.45, 2.75) is 6.92 Å². The Morgan fingerprint density at radius 3 is 1.92 bits per heavy atom. The van der Waals surface area contributed by atoms with Crippen LogP contribution in [-0.4, -0.2) is 28.9 Å². The highest BCUT2D eigenvalue weighted by molar-refractivity contribution is 6.14. The maximum atomic E-state index is 5.83. The van der Waals surface area contributed by atoms with Crippen molar-refractivity contribution in [3.05, 3.63) is 186 Å². The van der Waals surface area contributed by atoms with Gasteiger partial charge in [0.15, 0.2) is 5.82 Å². The van der Waals surface area contributed by atoms with Crippen LogP contribution in [0.4, 0.5) is 0 Å². The molecule has 0 N–H and O–H groups in total. The van der Waals surface area contributed by atoms with E-state index < -0.39 is 0 Å². The molecule has 2 unspecified atom stereocenters. The van der Waals surface area contributed by atoms with Gasteiger partial charge in [-0.1, -0.05) is 158 Å². The van der Waals surface area contributed by atoms with E-state index in [0.29, 0.717) is 17.7 Å². The van der Waals surface area contributed by atoms with Crippen molar-refractivity contribution in [1.82, 2.24) is 9.97 Å². The molecule has 0 bridgehead atoms. The van der Waals surface area contributed by atoms with Gasteiger partial charge in [-0.05, 0) is 28.8 Å². The van der Waals surface area contributed by atoms with E-state index >= 15 is 0 Å². The fraction of sp³-hybridized carbons (Fsp3) is 0.0833. The number of fused-ring (bicyclic) bond motifs is 1. The van der Waals surface area contributed by atoms with Gasteiger partial charge in [0.2, 0.25) is 0 Å². The molecule has 5 aromatic carbocycles. The second-order valence-electron chi connectivity index (χ2n) is 13.0. The van der Waals surface area contributed by atoms with Crippen LogP contribution in [0.15, 0.2) is 173 Å². The van der Waals surface area contributed by atoms with Crippen molar-refractivity contribution >= 4 is 17.6 Å². The maximum Gasteiger partial charge on any atom is 0.160 e. The number of nitrogens with zero attached hydrogens (tertiary/aromatic N) is 4. The minimum atomic E-state index is 0.343. The van der Waals surface area contributed by atoms with Gasteiger partial charge in [-0.25, -0.2) is 9.97 Å². The Hall–Kier alpha value is -6.70. The molecular weight excluding hydrogens is 633 g/mol. The molecule has 248 valence electrons. The van der Waals surface area contributed by atoms with Crippen LogP contribution in [0.2, 0.25) is 0 Å². The predicted octanol–water partition coefficient (Wildman–Crippen LogP) is 10.8. The molecule has 6 aromatic rings. The first-order valence-corrected chi connectivity index (χ1v) is 17.5. The average Bonchev–Trinajstić information content (AvgIpc) is 3.22. The summed E-state index contributed by atoms with van der Waals surface area (Å²) in [5.41, 5.74) is 13.9. The van der Waals surface area contributed by atoms with E-state index in [0.717, 1.165) is 67.3 Å². The Balaban J connectivity index is 1.18. The Morgan fingerprint density at radius 1 is 0.654 bits per heavy atom. The highest BCUT2D eigenvalue weighted by Gasteiger charge is 2.25. The lowest BCUT2D eigenvalue weighted by Crippen LogP contribution is -2.18. The Bertz CT molecular complexity index is 2460. The van der Waals surface area contributed by atoms with E-state index in [1.54, 1.807) is 7.05 Å². The molecule has 1 aliphatic heterocycles. The molecule has 0 saturated carbocycles. The largest absolute Gasteiger partial charge is 0.287 e. The van der Waals surface area contributed by atoms with E-state index in [1.165, 1.54) is 11.1 Å². The third kappa shape index (κ3) is 6.37. The SMILES string of the molecule is C#Cc1ccccc1C(=NC)c1ccc(-c2nc(-c3ccc(C4=C5C=CC=CC5C(C)C=N4)cc3)cc(-c3ccc(-c4ccccc4)cc3)n2)cc1. The highest BCUT2D eigenvalue weighted by atomic mass is 14.9. The number of allylic oxidation sites excluding steroid dienone is 5. The molecule has 52 heavy (non-hydrogen) atoms. The monoisotopic (exact) mass is 668 g/mol. The molecule has 0 radical (unpaired) electrons. The predicted molar refractivity (Wildman–Crippen MR) is 216 cm³/mol. The van der Waals surface area contributed by atoms with Crippen molar-refractivity contribution < 1.29 is 0 Å². The topological polar surface area (TPSA) is 50.5 Å². The van der Waals surface area contributed by atoms with E-state index in [4.69, 9.17) is 21.4 Å². The van der Waals surface area contributed by atoms with Crippen LogP contribution >= 0.6 is 0 Å². The van der Waals surface area contributed by atoms with Gasteiger partial charge < -0.3 is 0 Å². The molecule has 2 aliphatic rings. The van der Waals surface area contributed by atoms with Gasteiger partial charge in [0.05, 0.1) is 22.8 Å². The molecular formula is C48H36N4. The molecule has 4 nitrogen and oxygen atoms in total. The van der Waals surface area contributed by atoms with Crippen molar-refractivity contribution in [2.75, 3.05) is 7.05 Å². The summed E-state index contributed by atoms with van der Waals surface area (Å²) in [5, 5.41) is 0. The summed E-state index contributed by atoms with van der Waals surface area (Å²) in [6.07, 6.45) is 16.6. The lowest BCUT2D eigenvalue weighted by molar-refractivity contribution is 0.628. The highest BCUT2D eigenvalue weighted by Crippen LogP contribution is 2.37. The summed E-state index contributed by atoms with van der Waals surface area (Å²) in [6, 6.07) is 45.8. The van der Waals surface area contributed by atoms with Gasteiger partial charge >= 0.3 is 0 Å². The first-order valence-electron chi connectivity index (χ1n) is 17.5. The minimum Gasteiger partial charge on any atom is -0.287 e.